The van der Waals surface area contributed by atoms with Crippen molar-refractivity contribution < 1.29 is 4.79 Å². The van der Waals surface area contributed by atoms with Crippen LogP contribution in [-0.2, 0) is 11.3 Å². The Morgan fingerprint density at radius 1 is 1.26 bits per heavy atom. The number of halogens is 2. The van der Waals surface area contributed by atoms with Gasteiger partial charge in [0.2, 0.25) is 5.91 Å². The quantitative estimate of drug-likeness (QED) is 0.263. The zero-order valence-corrected chi connectivity index (χ0v) is 19.1. The van der Waals surface area contributed by atoms with E-state index < -0.39 is 0 Å². The van der Waals surface area contributed by atoms with E-state index in [9.17, 15) is 4.79 Å². The monoisotopic (exact) mass is 540 g/mol. The molecule has 7 heteroatoms. The van der Waals surface area contributed by atoms with E-state index in [-0.39, 0.29) is 36.4 Å². The average molecular weight is 541 g/mol. The molecule has 0 saturated carbocycles. The summed E-state index contributed by atoms with van der Waals surface area (Å²) in [5.74, 6) is 3.02. The van der Waals surface area contributed by atoms with E-state index in [1.165, 1.54) is 0 Å². The number of benzene rings is 2. The van der Waals surface area contributed by atoms with Gasteiger partial charge in [0, 0.05) is 36.4 Å². The van der Waals surface area contributed by atoms with Crippen molar-refractivity contribution in [2.24, 2.45) is 4.99 Å². The Labute approximate surface area is 185 Å². The second-order valence-corrected chi connectivity index (χ2v) is 6.57. The summed E-state index contributed by atoms with van der Waals surface area (Å²) in [5.41, 5.74) is 2.54. The maximum absolute atomic E-state index is 12.1. The first kappa shape index (κ1) is 23.0. The fourth-order valence-electron chi connectivity index (χ4n) is 2.37. The molecule has 0 atom stereocenters. The maximum atomic E-state index is 12.1. The summed E-state index contributed by atoms with van der Waals surface area (Å²) in [6.45, 7) is 0.788. The standard InChI is InChI=1S/C20H21BrN4O.HI/c1-4-15-6-5-7-18(12-15)24-19(26)13-23-20(22-2)25(3)14-16-8-10-17(21)11-9-16;/h1,5-12H,13-14H2,2-3H3,(H,22,23)(H,24,26);1H. The lowest BCUT2D eigenvalue weighted by Gasteiger charge is -2.22. The minimum atomic E-state index is -0.169. The number of aliphatic imine (C=N–C) groups is 1. The first-order valence-corrected chi connectivity index (χ1v) is 8.84. The Morgan fingerprint density at radius 3 is 2.59 bits per heavy atom. The molecule has 0 spiro atoms. The van der Waals surface area contributed by atoms with Crippen molar-refractivity contribution >= 4 is 57.5 Å². The summed E-state index contributed by atoms with van der Waals surface area (Å²) in [4.78, 5) is 18.3. The second kappa shape index (κ2) is 11.6. The maximum Gasteiger partial charge on any atom is 0.243 e. The van der Waals surface area contributed by atoms with Gasteiger partial charge in [-0.25, -0.2) is 0 Å². The van der Waals surface area contributed by atoms with Crippen LogP contribution in [-0.4, -0.2) is 37.4 Å². The molecule has 2 aromatic carbocycles. The lowest BCUT2D eigenvalue weighted by atomic mass is 10.2. The van der Waals surface area contributed by atoms with Crippen LogP contribution < -0.4 is 10.6 Å². The molecule has 2 aromatic rings. The molecule has 5 nitrogen and oxygen atoms in total. The first-order valence-electron chi connectivity index (χ1n) is 8.04. The zero-order valence-electron chi connectivity index (χ0n) is 15.2. The highest BCUT2D eigenvalue weighted by Crippen LogP contribution is 2.12. The number of rotatable bonds is 5. The summed E-state index contributed by atoms with van der Waals surface area (Å²) in [7, 11) is 3.61. The summed E-state index contributed by atoms with van der Waals surface area (Å²) >= 11 is 3.43. The molecule has 0 heterocycles. The van der Waals surface area contributed by atoms with Crippen molar-refractivity contribution in [2.75, 3.05) is 26.0 Å². The number of amides is 1. The molecule has 0 saturated heterocycles. The molecule has 27 heavy (non-hydrogen) atoms. The van der Waals surface area contributed by atoms with Gasteiger partial charge in [0.1, 0.15) is 0 Å². The summed E-state index contributed by atoms with van der Waals surface area (Å²) in [5, 5.41) is 5.88. The third-order valence-electron chi connectivity index (χ3n) is 3.63. The predicted molar refractivity (Wildman–Crippen MR) is 125 cm³/mol. The lowest BCUT2D eigenvalue weighted by Crippen LogP contribution is -2.42. The molecular formula is C20H22BrIN4O. The van der Waals surface area contributed by atoms with Crippen molar-refractivity contribution in [1.29, 1.82) is 0 Å². The molecule has 0 aliphatic heterocycles. The van der Waals surface area contributed by atoms with E-state index in [4.69, 9.17) is 6.42 Å². The number of terminal acetylenes is 1. The molecule has 0 aliphatic rings. The Bertz CT molecular complexity index is 831. The number of carbonyl (C=O) groups is 1. The van der Waals surface area contributed by atoms with Crippen molar-refractivity contribution in [3.05, 3.63) is 64.1 Å². The highest BCUT2D eigenvalue weighted by molar-refractivity contribution is 14.0. The molecule has 0 radical (unpaired) electrons. The number of hydrogen-bond acceptors (Lipinski definition) is 2. The first-order chi connectivity index (χ1) is 12.5. The predicted octanol–water partition coefficient (Wildman–Crippen LogP) is 3.69. The van der Waals surface area contributed by atoms with Crippen molar-refractivity contribution in [3.8, 4) is 12.3 Å². The molecule has 142 valence electrons. The molecule has 2 rings (SSSR count). The molecule has 0 bridgehead atoms. The van der Waals surface area contributed by atoms with Crippen LogP contribution in [0.2, 0.25) is 0 Å². The normalized spacial score (nSPS) is 10.4. The highest BCUT2D eigenvalue weighted by atomic mass is 127. The molecule has 1 amide bonds. The van der Waals surface area contributed by atoms with E-state index in [2.05, 4.69) is 37.5 Å². The lowest BCUT2D eigenvalue weighted by molar-refractivity contribution is -0.115. The number of nitrogens with one attached hydrogen (secondary N) is 2. The van der Waals surface area contributed by atoms with E-state index in [1.54, 1.807) is 19.2 Å². The van der Waals surface area contributed by atoms with Gasteiger partial charge in [-0.2, -0.15) is 0 Å². The van der Waals surface area contributed by atoms with Gasteiger partial charge < -0.3 is 15.5 Å². The van der Waals surface area contributed by atoms with Crippen molar-refractivity contribution in [1.82, 2.24) is 10.2 Å². The number of anilines is 1. The van der Waals surface area contributed by atoms with Gasteiger partial charge in [-0.3, -0.25) is 9.79 Å². The van der Waals surface area contributed by atoms with E-state index in [0.29, 0.717) is 18.2 Å². The third kappa shape index (κ3) is 7.61. The SMILES string of the molecule is C#Cc1cccc(NC(=O)CNC(=NC)N(C)Cc2ccc(Br)cc2)c1.I. The van der Waals surface area contributed by atoms with Gasteiger partial charge in [0.05, 0.1) is 6.54 Å². The number of hydrogen-bond donors (Lipinski definition) is 2. The third-order valence-corrected chi connectivity index (χ3v) is 4.16. The van der Waals surface area contributed by atoms with Crippen molar-refractivity contribution in [3.63, 3.8) is 0 Å². The van der Waals surface area contributed by atoms with Gasteiger partial charge in [-0.15, -0.1) is 30.4 Å². The van der Waals surface area contributed by atoms with E-state index >= 15 is 0 Å². The van der Waals surface area contributed by atoms with E-state index in [1.807, 2.05) is 48.3 Å². The number of guanidine groups is 1. The minimum Gasteiger partial charge on any atom is -0.347 e. The molecule has 0 unspecified atom stereocenters. The van der Waals surface area contributed by atoms with Gasteiger partial charge in [-0.05, 0) is 35.9 Å². The van der Waals surface area contributed by atoms with Crippen LogP contribution in [0.5, 0.6) is 0 Å². The number of nitrogens with zero attached hydrogens (tertiary/aromatic N) is 2. The van der Waals surface area contributed by atoms with Crippen LogP contribution in [0.3, 0.4) is 0 Å². The van der Waals surface area contributed by atoms with Gasteiger partial charge in [-0.1, -0.05) is 40.0 Å². The minimum absolute atomic E-state index is 0. The Balaban J connectivity index is 0.00000364. The molecule has 2 N–H and O–H groups in total. The smallest absolute Gasteiger partial charge is 0.243 e. The van der Waals surface area contributed by atoms with Gasteiger partial charge in [0.15, 0.2) is 5.96 Å². The van der Waals surface area contributed by atoms with Crippen LogP contribution in [0.15, 0.2) is 58.0 Å². The van der Waals surface area contributed by atoms with Crippen LogP contribution in [0.25, 0.3) is 0 Å². The zero-order chi connectivity index (χ0) is 18.9. The van der Waals surface area contributed by atoms with Gasteiger partial charge in [0.25, 0.3) is 0 Å². The Hall–Kier alpha value is -2.05. The summed E-state index contributed by atoms with van der Waals surface area (Å²) in [6, 6.07) is 15.3. The fraction of sp³-hybridized carbons (Fsp3) is 0.200. The van der Waals surface area contributed by atoms with Crippen LogP contribution >= 0.6 is 39.9 Å². The van der Waals surface area contributed by atoms with Crippen molar-refractivity contribution in [2.45, 2.75) is 6.54 Å². The number of carbonyl (C=O) groups excluding carboxylic acids is 1. The summed E-state index contributed by atoms with van der Waals surface area (Å²) in [6.07, 6.45) is 5.37. The Kier molecular flexibility index (Phi) is 9.89. The highest BCUT2D eigenvalue weighted by Gasteiger charge is 2.09. The molecule has 0 aliphatic carbocycles. The molecule has 0 fully saturated rings. The average Bonchev–Trinajstić information content (AvgIpc) is 2.64. The summed E-state index contributed by atoms with van der Waals surface area (Å²) < 4.78 is 1.04. The molecule has 0 aromatic heterocycles. The fourth-order valence-corrected chi connectivity index (χ4v) is 2.64. The molecular weight excluding hydrogens is 519 g/mol. The van der Waals surface area contributed by atoms with Gasteiger partial charge >= 0.3 is 0 Å². The van der Waals surface area contributed by atoms with Crippen LogP contribution in [0.4, 0.5) is 5.69 Å². The largest absolute Gasteiger partial charge is 0.347 e. The van der Waals surface area contributed by atoms with Crippen LogP contribution in [0.1, 0.15) is 11.1 Å². The Morgan fingerprint density at radius 2 is 1.96 bits per heavy atom. The second-order valence-electron chi connectivity index (χ2n) is 5.66. The van der Waals surface area contributed by atoms with Crippen LogP contribution in [0, 0.1) is 12.3 Å². The topological polar surface area (TPSA) is 56.7 Å². The van der Waals surface area contributed by atoms with E-state index in [0.717, 1.165) is 15.6 Å².